The van der Waals surface area contributed by atoms with Crippen LogP contribution in [0.4, 0.5) is 0 Å². The lowest BCUT2D eigenvalue weighted by Crippen LogP contribution is -2.25. The van der Waals surface area contributed by atoms with Crippen LogP contribution < -0.4 is 10.1 Å². The molecule has 1 heterocycles. The Kier molecular flexibility index (Phi) is 5.74. The van der Waals surface area contributed by atoms with E-state index < -0.39 is 0 Å². The first-order valence-corrected chi connectivity index (χ1v) is 9.20. The molecule has 1 unspecified atom stereocenters. The lowest BCUT2D eigenvalue weighted by atomic mass is 10.1. The molecule has 3 rings (SSSR count). The van der Waals surface area contributed by atoms with Crippen LogP contribution in [0.15, 0.2) is 66.0 Å². The van der Waals surface area contributed by atoms with Crippen molar-refractivity contribution < 1.29 is 9.53 Å². The first-order chi connectivity index (χ1) is 12.1. The molecule has 25 heavy (non-hydrogen) atoms. The molecule has 1 aromatic heterocycles. The Labute approximate surface area is 156 Å². The minimum absolute atomic E-state index is 0.0429. The highest BCUT2D eigenvalue weighted by atomic mass is 35.5. The van der Waals surface area contributed by atoms with Gasteiger partial charge in [0.15, 0.2) is 0 Å². The number of nitrogens with one attached hydrogen (secondary N) is 1. The van der Waals surface area contributed by atoms with Crippen molar-refractivity contribution in [2.75, 3.05) is 0 Å². The van der Waals surface area contributed by atoms with Gasteiger partial charge in [0.1, 0.15) is 12.4 Å². The summed E-state index contributed by atoms with van der Waals surface area (Å²) in [7, 11) is 0. The van der Waals surface area contributed by atoms with E-state index in [1.807, 2.05) is 66.9 Å². The summed E-state index contributed by atoms with van der Waals surface area (Å²) < 4.78 is 5.71. The minimum atomic E-state index is -0.0784. The van der Waals surface area contributed by atoms with Crippen molar-refractivity contribution in [3.63, 3.8) is 0 Å². The van der Waals surface area contributed by atoms with Crippen molar-refractivity contribution in [3.8, 4) is 5.75 Å². The Morgan fingerprint density at radius 3 is 2.64 bits per heavy atom. The molecule has 0 aliphatic carbocycles. The van der Waals surface area contributed by atoms with Crippen molar-refractivity contribution in [2.45, 2.75) is 19.6 Å². The van der Waals surface area contributed by atoms with Gasteiger partial charge in [0.2, 0.25) is 0 Å². The van der Waals surface area contributed by atoms with E-state index in [0.717, 1.165) is 11.1 Å². The van der Waals surface area contributed by atoms with Gasteiger partial charge in [-0.05, 0) is 36.1 Å². The molecule has 0 saturated carbocycles. The van der Waals surface area contributed by atoms with Gasteiger partial charge in [-0.15, -0.1) is 11.3 Å². The molecule has 1 atom stereocenters. The maximum atomic E-state index is 12.4. The molecular formula is C20H18ClNO2S. The number of hydrogen-bond donors (Lipinski definition) is 1. The van der Waals surface area contributed by atoms with Gasteiger partial charge in [-0.25, -0.2) is 0 Å². The second-order valence-corrected chi connectivity index (χ2v) is 6.96. The number of ether oxygens (including phenoxy) is 1. The number of benzene rings is 2. The molecule has 0 fully saturated rings. The summed E-state index contributed by atoms with van der Waals surface area (Å²) in [5, 5.41) is 5.52. The second-order valence-electron chi connectivity index (χ2n) is 5.64. The Balaban J connectivity index is 1.59. The van der Waals surface area contributed by atoms with Crippen LogP contribution in [0.1, 0.15) is 33.8 Å². The zero-order chi connectivity index (χ0) is 17.6. The van der Waals surface area contributed by atoms with E-state index in [-0.39, 0.29) is 11.9 Å². The molecule has 0 aliphatic heterocycles. The van der Waals surface area contributed by atoms with Gasteiger partial charge in [0.25, 0.3) is 5.91 Å². The predicted molar refractivity (Wildman–Crippen MR) is 102 cm³/mol. The molecular weight excluding hydrogens is 354 g/mol. The van der Waals surface area contributed by atoms with E-state index in [9.17, 15) is 4.79 Å². The number of para-hydroxylation sites is 1. The Hall–Kier alpha value is -2.30. The highest BCUT2D eigenvalue weighted by Gasteiger charge is 2.13. The Bertz CT molecular complexity index is 848. The molecule has 2 aromatic carbocycles. The summed E-state index contributed by atoms with van der Waals surface area (Å²) in [6.45, 7) is 2.35. The fourth-order valence-corrected chi connectivity index (χ4v) is 3.38. The van der Waals surface area contributed by atoms with E-state index in [2.05, 4.69) is 5.32 Å². The lowest BCUT2D eigenvalue weighted by Gasteiger charge is -2.13. The topological polar surface area (TPSA) is 38.3 Å². The molecule has 0 radical (unpaired) electrons. The van der Waals surface area contributed by atoms with Gasteiger partial charge in [-0.3, -0.25) is 4.79 Å². The maximum absolute atomic E-state index is 12.4. The normalized spacial score (nSPS) is 11.8. The van der Waals surface area contributed by atoms with Gasteiger partial charge in [-0.2, -0.15) is 0 Å². The van der Waals surface area contributed by atoms with Gasteiger partial charge in [0.05, 0.1) is 15.9 Å². The van der Waals surface area contributed by atoms with Crippen molar-refractivity contribution in [2.24, 2.45) is 0 Å². The van der Waals surface area contributed by atoms with Crippen LogP contribution in [0.3, 0.4) is 0 Å². The zero-order valence-corrected chi connectivity index (χ0v) is 15.3. The summed E-state index contributed by atoms with van der Waals surface area (Å²) in [5.41, 5.74) is 2.03. The monoisotopic (exact) mass is 371 g/mol. The van der Waals surface area contributed by atoms with Crippen LogP contribution >= 0.6 is 22.9 Å². The first kappa shape index (κ1) is 17.5. The van der Waals surface area contributed by atoms with Gasteiger partial charge in [0, 0.05) is 5.56 Å². The SMILES string of the molecule is CC(NC(=O)c1cc(COc2ccccc2Cl)cs1)c1ccccc1. The Morgan fingerprint density at radius 1 is 1.16 bits per heavy atom. The average molecular weight is 372 g/mol. The van der Waals surface area contributed by atoms with Gasteiger partial charge < -0.3 is 10.1 Å². The minimum Gasteiger partial charge on any atom is -0.487 e. The fourth-order valence-electron chi connectivity index (χ4n) is 2.39. The summed E-state index contributed by atoms with van der Waals surface area (Å²) in [5.74, 6) is 0.560. The van der Waals surface area contributed by atoms with Crippen molar-refractivity contribution in [1.29, 1.82) is 0 Å². The predicted octanol–water partition coefficient (Wildman–Crippen LogP) is 5.47. The molecule has 0 saturated heterocycles. The number of carbonyl (C=O) groups is 1. The largest absolute Gasteiger partial charge is 0.487 e. The van der Waals surface area contributed by atoms with Crippen LogP contribution in [0.25, 0.3) is 0 Å². The quantitative estimate of drug-likeness (QED) is 0.623. The molecule has 0 spiro atoms. The van der Waals surface area contributed by atoms with Crippen molar-refractivity contribution in [3.05, 3.63) is 87.1 Å². The molecule has 3 nitrogen and oxygen atoms in total. The summed E-state index contributed by atoms with van der Waals surface area (Å²) in [4.78, 5) is 13.1. The molecule has 1 N–H and O–H groups in total. The third kappa shape index (κ3) is 4.62. The fraction of sp³-hybridized carbons (Fsp3) is 0.150. The van der Waals surface area contributed by atoms with Gasteiger partial charge in [-0.1, -0.05) is 54.1 Å². The Morgan fingerprint density at radius 2 is 1.88 bits per heavy atom. The zero-order valence-electron chi connectivity index (χ0n) is 13.7. The second kappa shape index (κ2) is 8.19. The van der Waals surface area contributed by atoms with Crippen LogP contribution in [0.5, 0.6) is 5.75 Å². The molecule has 0 aliphatic rings. The number of rotatable bonds is 6. The molecule has 3 aromatic rings. The van der Waals surface area contributed by atoms with Crippen molar-refractivity contribution >= 4 is 28.8 Å². The maximum Gasteiger partial charge on any atom is 0.261 e. The number of hydrogen-bond acceptors (Lipinski definition) is 3. The number of thiophene rings is 1. The van der Waals surface area contributed by atoms with E-state index >= 15 is 0 Å². The molecule has 0 bridgehead atoms. The standard InChI is InChI=1S/C20H18ClNO2S/c1-14(16-7-3-2-4-8-16)22-20(23)19-11-15(13-25-19)12-24-18-10-6-5-9-17(18)21/h2-11,13-14H,12H2,1H3,(H,22,23). The van der Waals surface area contributed by atoms with Crippen LogP contribution in [0, 0.1) is 0 Å². The number of amides is 1. The van der Waals surface area contributed by atoms with Gasteiger partial charge >= 0.3 is 0 Å². The average Bonchev–Trinajstić information content (AvgIpc) is 3.11. The molecule has 1 amide bonds. The number of halogens is 1. The van der Waals surface area contributed by atoms with Crippen molar-refractivity contribution in [1.82, 2.24) is 5.32 Å². The van der Waals surface area contributed by atoms with Crippen LogP contribution in [-0.2, 0) is 6.61 Å². The van der Waals surface area contributed by atoms with Crippen LogP contribution in [0.2, 0.25) is 5.02 Å². The van der Waals surface area contributed by atoms with E-state index in [1.165, 1.54) is 11.3 Å². The highest BCUT2D eigenvalue weighted by Crippen LogP contribution is 2.25. The third-order valence-corrected chi connectivity index (χ3v) is 5.05. The third-order valence-electron chi connectivity index (χ3n) is 3.76. The van der Waals surface area contributed by atoms with Crippen LogP contribution in [-0.4, -0.2) is 5.91 Å². The molecule has 5 heteroatoms. The summed E-state index contributed by atoms with van der Waals surface area (Å²) >= 11 is 7.48. The lowest BCUT2D eigenvalue weighted by molar-refractivity contribution is 0.0944. The van der Waals surface area contributed by atoms with E-state index in [0.29, 0.717) is 22.3 Å². The van der Waals surface area contributed by atoms with E-state index in [1.54, 1.807) is 6.07 Å². The smallest absolute Gasteiger partial charge is 0.261 e. The number of carbonyl (C=O) groups excluding carboxylic acids is 1. The highest BCUT2D eigenvalue weighted by molar-refractivity contribution is 7.12. The summed E-state index contributed by atoms with van der Waals surface area (Å²) in [6, 6.07) is 19.0. The summed E-state index contributed by atoms with van der Waals surface area (Å²) in [6.07, 6.45) is 0. The first-order valence-electron chi connectivity index (χ1n) is 7.94. The van der Waals surface area contributed by atoms with E-state index in [4.69, 9.17) is 16.3 Å². The molecule has 128 valence electrons.